The third kappa shape index (κ3) is 4.17. The lowest BCUT2D eigenvalue weighted by Gasteiger charge is -2.26. The van der Waals surface area contributed by atoms with Gasteiger partial charge in [0.15, 0.2) is 6.61 Å². The lowest BCUT2D eigenvalue weighted by atomic mass is 10.1. The zero-order valence-electron chi connectivity index (χ0n) is 14.9. The van der Waals surface area contributed by atoms with Gasteiger partial charge in [0, 0.05) is 18.5 Å². The number of amides is 1. The zero-order valence-corrected chi connectivity index (χ0v) is 14.9. The summed E-state index contributed by atoms with van der Waals surface area (Å²) in [5, 5.41) is 8.45. The number of fused-ring (bicyclic) bond motifs is 1. The first kappa shape index (κ1) is 17.3. The standard InChI is InChI=1S/C21H21N3O3/c25-21(24-11-13-26-14-12-24)15-27-17-8-5-16(6-9-17)7-10-20-18-3-1-2-4-19(18)22-23-20/h1-10H,11-15H2,(H,22,23)/b10-7+. The van der Waals surface area contributed by atoms with Crippen LogP contribution in [0.2, 0.25) is 0 Å². The maximum Gasteiger partial charge on any atom is 0.260 e. The van der Waals surface area contributed by atoms with Gasteiger partial charge in [-0.3, -0.25) is 9.89 Å². The van der Waals surface area contributed by atoms with Crippen molar-refractivity contribution in [1.29, 1.82) is 0 Å². The molecule has 2 heterocycles. The summed E-state index contributed by atoms with van der Waals surface area (Å²) >= 11 is 0. The fourth-order valence-electron chi connectivity index (χ4n) is 3.01. The molecule has 1 saturated heterocycles. The third-order valence-electron chi connectivity index (χ3n) is 4.54. The number of rotatable bonds is 5. The summed E-state index contributed by atoms with van der Waals surface area (Å²) in [7, 11) is 0. The monoisotopic (exact) mass is 363 g/mol. The molecule has 0 bridgehead atoms. The smallest absolute Gasteiger partial charge is 0.260 e. The molecule has 0 spiro atoms. The van der Waals surface area contributed by atoms with Crippen LogP contribution in [0, 0.1) is 0 Å². The molecule has 0 saturated carbocycles. The molecule has 1 N–H and O–H groups in total. The van der Waals surface area contributed by atoms with Gasteiger partial charge in [0.25, 0.3) is 5.91 Å². The van der Waals surface area contributed by atoms with Crippen LogP contribution in [-0.4, -0.2) is 53.9 Å². The number of aromatic nitrogens is 2. The number of para-hydroxylation sites is 1. The van der Waals surface area contributed by atoms with Crippen LogP contribution in [0.3, 0.4) is 0 Å². The predicted molar refractivity (Wildman–Crippen MR) is 104 cm³/mol. The minimum Gasteiger partial charge on any atom is -0.484 e. The Morgan fingerprint density at radius 2 is 1.89 bits per heavy atom. The second-order valence-electron chi connectivity index (χ2n) is 6.34. The van der Waals surface area contributed by atoms with Crippen molar-refractivity contribution in [1.82, 2.24) is 15.1 Å². The van der Waals surface area contributed by atoms with Gasteiger partial charge >= 0.3 is 0 Å². The minimum absolute atomic E-state index is 0.00678. The molecule has 0 atom stereocenters. The maximum atomic E-state index is 12.1. The topological polar surface area (TPSA) is 67.5 Å². The lowest BCUT2D eigenvalue weighted by Crippen LogP contribution is -2.42. The van der Waals surface area contributed by atoms with E-state index in [9.17, 15) is 4.79 Å². The Kier molecular flexibility index (Phi) is 5.16. The second kappa shape index (κ2) is 8.05. The third-order valence-corrected chi connectivity index (χ3v) is 4.54. The Bertz CT molecular complexity index is 941. The summed E-state index contributed by atoms with van der Waals surface area (Å²) in [4.78, 5) is 13.9. The molecule has 0 unspecified atom stereocenters. The molecule has 1 aliphatic heterocycles. The molecule has 0 radical (unpaired) electrons. The maximum absolute atomic E-state index is 12.1. The zero-order chi connectivity index (χ0) is 18.5. The van der Waals surface area contributed by atoms with E-state index in [0.29, 0.717) is 32.1 Å². The molecule has 0 aliphatic carbocycles. The number of nitrogens with zero attached hydrogens (tertiary/aromatic N) is 2. The van der Waals surface area contributed by atoms with Crippen LogP contribution in [0.25, 0.3) is 23.1 Å². The number of carbonyl (C=O) groups is 1. The normalized spacial score (nSPS) is 14.7. The van der Waals surface area contributed by atoms with Gasteiger partial charge in [-0.05, 0) is 29.8 Å². The van der Waals surface area contributed by atoms with E-state index in [0.717, 1.165) is 22.2 Å². The number of morpholine rings is 1. The van der Waals surface area contributed by atoms with Crippen molar-refractivity contribution in [2.75, 3.05) is 32.9 Å². The fourth-order valence-corrected chi connectivity index (χ4v) is 3.01. The number of ether oxygens (including phenoxy) is 2. The number of H-pyrrole nitrogens is 1. The van der Waals surface area contributed by atoms with Crippen molar-refractivity contribution < 1.29 is 14.3 Å². The first-order valence-electron chi connectivity index (χ1n) is 8.99. The SMILES string of the molecule is O=C(COc1ccc(/C=C/c2n[nH]c3ccccc23)cc1)N1CCOCC1. The number of benzene rings is 2. The average Bonchev–Trinajstić information content (AvgIpc) is 3.15. The molecule has 1 amide bonds. The Labute approximate surface area is 157 Å². The summed E-state index contributed by atoms with van der Waals surface area (Å²) < 4.78 is 10.9. The molecule has 27 heavy (non-hydrogen) atoms. The molecule has 2 aromatic carbocycles. The highest BCUT2D eigenvalue weighted by Crippen LogP contribution is 2.19. The van der Waals surface area contributed by atoms with Crippen molar-refractivity contribution >= 4 is 29.0 Å². The van der Waals surface area contributed by atoms with Crippen LogP contribution in [0.1, 0.15) is 11.3 Å². The number of nitrogens with one attached hydrogen (secondary N) is 1. The van der Waals surface area contributed by atoms with Crippen molar-refractivity contribution in [3.63, 3.8) is 0 Å². The van der Waals surface area contributed by atoms with Crippen LogP contribution in [0.15, 0.2) is 48.5 Å². The van der Waals surface area contributed by atoms with Crippen LogP contribution in [-0.2, 0) is 9.53 Å². The van der Waals surface area contributed by atoms with Crippen LogP contribution >= 0.6 is 0 Å². The van der Waals surface area contributed by atoms with Crippen molar-refractivity contribution in [3.05, 3.63) is 59.8 Å². The molecule has 138 valence electrons. The van der Waals surface area contributed by atoms with E-state index >= 15 is 0 Å². The average molecular weight is 363 g/mol. The molecule has 1 aliphatic rings. The first-order valence-corrected chi connectivity index (χ1v) is 8.99. The largest absolute Gasteiger partial charge is 0.484 e. The summed E-state index contributed by atoms with van der Waals surface area (Å²) in [6.45, 7) is 2.51. The van der Waals surface area contributed by atoms with Gasteiger partial charge in [-0.15, -0.1) is 0 Å². The fraction of sp³-hybridized carbons (Fsp3) is 0.238. The molecular formula is C21H21N3O3. The Morgan fingerprint density at radius 3 is 2.70 bits per heavy atom. The highest BCUT2D eigenvalue weighted by atomic mass is 16.5. The van der Waals surface area contributed by atoms with Gasteiger partial charge in [-0.25, -0.2) is 0 Å². The lowest BCUT2D eigenvalue weighted by molar-refractivity contribution is -0.137. The van der Waals surface area contributed by atoms with Gasteiger partial charge in [0.2, 0.25) is 0 Å². The Hall–Kier alpha value is -3.12. The highest BCUT2D eigenvalue weighted by molar-refractivity contribution is 5.89. The van der Waals surface area contributed by atoms with Crippen LogP contribution in [0.4, 0.5) is 0 Å². The van der Waals surface area contributed by atoms with Crippen LogP contribution in [0.5, 0.6) is 5.75 Å². The molecule has 4 rings (SSSR count). The number of carbonyl (C=O) groups excluding carboxylic acids is 1. The predicted octanol–water partition coefficient (Wildman–Crippen LogP) is 2.97. The number of hydrogen-bond donors (Lipinski definition) is 1. The molecule has 6 heteroatoms. The highest BCUT2D eigenvalue weighted by Gasteiger charge is 2.16. The van der Waals surface area contributed by atoms with Crippen LogP contribution < -0.4 is 4.74 Å². The molecule has 1 fully saturated rings. The molecule has 3 aromatic rings. The summed E-state index contributed by atoms with van der Waals surface area (Å²) in [5.41, 5.74) is 2.96. The van der Waals surface area contributed by atoms with E-state index in [4.69, 9.17) is 9.47 Å². The second-order valence-corrected chi connectivity index (χ2v) is 6.34. The van der Waals surface area contributed by atoms with E-state index in [1.165, 1.54) is 0 Å². The van der Waals surface area contributed by atoms with Gasteiger partial charge < -0.3 is 14.4 Å². The van der Waals surface area contributed by atoms with E-state index in [-0.39, 0.29) is 12.5 Å². The van der Waals surface area contributed by atoms with Crippen molar-refractivity contribution in [2.24, 2.45) is 0 Å². The van der Waals surface area contributed by atoms with E-state index in [1.54, 1.807) is 4.90 Å². The Balaban J connectivity index is 1.35. The van der Waals surface area contributed by atoms with E-state index in [2.05, 4.69) is 10.2 Å². The number of aromatic amines is 1. The number of hydrogen-bond acceptors (Lipinski definition) is 4. The summed E-state index contributed by atoms with van der Waals surface area (Å²) in [6.07, 6.45) is 3.99. The van der Waals surface area contributed by atoms with Crippen molar-refractivity contribution in [2.45, 2.75) is 0 Å². The van der Waals surface area contributed by atoms with E-state index < -0.39 is 0 Å². The minimum atomic E-state index is -0.00678. The Morgan fingerprint density at radius 1 is 1.11 bits per heavy atom. The summed E-state index contributed by atoms with van der Waals surface area (Å²) in [6, 6.07) is 15.7. The summed E-state index contributed by atoms with van der Waals surface area (Å²) in [5.74, 6) is 0.673. The van der Waals surface area contributed by atoms with Gasteiger partial charge in [0.1, 0.15) is 5.75 Å². The van der Waals surface area contributed by atoms with Gasteiger partial charge in [-0.1, -0.05) is 36.4 Å². The molecular weight excluding hydrogens is 342 g/mol. The van der Waals surface area contributed by atoms with Gasteiger partial charge in [0.05, 0.1) is 24.4 Å². The quantitative estimate of drug-likeness (QED) is 0.757. The molecule has 6 nitrogen and oxygen atoms in total. The first-order chi connectivity index (χ1) is 13.3. The molecule has 1 aromatic heterocycles. The van der Waals surface area contributed by atoms with Gasteiger partial charge in [-0.2, -0.15) is 5.10 Å². The van der Waals surface area contributed by atoms with E-state index in [1.807, 2.05) is 60.7 Å². The van der Waals surface area contributed by atoms with Crippen molar-refractivity contribution in [3.8, 4) is 5.75 Å².